The summed E-state index contributed by atoms with van der Waals surface area (Å²) >= 11 is 0. The summed E-state index contributed by atoms with van der Waals surface area (Å²) in [5.74, 6) is 0.990. The molecule has 5 nitrogen and oxygen atoms in total. The lowest BCUT2D eigenvalue weighted by atomic mass is 9.92. The summed E-state index contributed by atoms with van der Waals surface area (Å²) in [5, 5.41) is 0. The normalized spacial score (nSPS) is 27.0. The van der Waals surface area contributed by atoms with E-state index in [9.17, 15) is 4.79 Å². The Balaban J connectivity index is 1.83. The van der Waals surface area contributed by atoms with Crippen LogP contribution in [0.25, 0.3) is 0 Å². The van der Waals surface area contributed by atoms with Crippen LogP contribution in [0, 0.1) is 5.92 Å². The van der Waals surface area contributed by atoms with Crippen LogP contribution in [0.4, 0.5) is 5.82 Å². The van der Waals surface area contributed by atoms with Gasteiger partial charge < -0.3 is 10.6 Å². The Kier molecular flexibility index (Phi) is 2.89. The zero-order chi connectivity index (χ0) is 12.5. The van der Waals surface area contributed by atoms with Gasteiger partial charge in [0.2, 0.25) is 0 Å². The molecule has 2 fully saturated rings. The third-order valence-electron chi connectivity index (χ3n) is 4.13. The molecule has 1 aliphatic heterocycles. The highest BCUT2D eigenvalue weighted by molar-refractivity contribution is 5.92. The monoisotopic (exact) mass is 246 g/mol. The number of rotatable bonds is 1. The van der Waals surface area contributed by atoms with Gasteiger partial charge in [0.1, 0.15) is 11.5 Å². The van der Waals surface area contributed by atoms with Gasteiger partial charge in [-0.15, -0.1) is 0 Å². The van der Waals surface area contributed by atoms with Gasteiger partial charge in [0.25, 0.3) is 5.91 Å². The molecule has 0 aromatic carbocycles. The zero-order valence-corrected chi connectivity index (χ0v) is 10.4. The Morgan fingerprint density at radius 3 is 2.94 bits per heavy atom. The van der Waals surface area contributed by atoms with Crippen molar-refractivity contribution in [3.05, 3.63) is 18.1 Å². The summed E-state index contributed by atoms with van der Waals surface area (Å²) in [5.41, 5.74) is 5.97. The Bertz CT molecular complexity index is 462. The molecular formula is C13H18N4O. The first-order chi connectivity index (χ1) is 8.75. The van der Waals surface area contributed by atoms with Crippen LogP contribution in [0.15, 0.2) is 12.4 Å². The minimum Gasteiger partial charge on any atom is -0.382 e. The molecule has 3 rings (SSSR count). The van der Waals surface area contributed by atoms with Crippen LogP contribution in [-0.2, 0) is 0 Å². The van der Waals surface area contributed by atoms with Gasteiger partial charge in [-0.25, -0.2) is 4.98 Å². The van der Waals surface area contributed by atoms with E-state index < -0.39 is 0 Å². The SMILES string of the molecule is Nc1cncc(C(=O)N2CCCC3CCCC32)n1. The highest BCUT2D eigenvalue weighted by Crippen LogP contribution is 2.37. The predicted octanol–water partition coefficient (Wildman–Crippen LogP) is 1.46. The molecule has 2 heterocycles. The maximum atomic E-state index is 12.5. The Labute approximate surface area is 106 Å². The summed E-state index contributed by atoms with van der Waals surface area (Å²) in [6.07, 6.45) is 8.97. The third kappa shape index (κ3) is 1.94. The number of carbonyl (C=O) groups is 1. The number of nitrogens with zero attached hydrogens (tertiary/aromatic N) is 3. The summed E-state index contributed by atoms with van der Waals surface area (Å²) in [4.78, 5) is 22.5. The quantitative estimate of drug-likeness (QED) is 0.814. The lowest BCUT2D eigenvalue weighted by molar-refractivity contribution is 0.0542. The number of nitrogens with two attached hydrogens (primary N) is 1. The largest absolute Gasteiger partial charge is 0.382 e. The smallest absolute Gasteiger partial charge is 0.274 e. The number of aromatic nitrogens is 2. The second-order valence-electron chi connectivity index (χ2n) is 5.23. The molecule has 0 bridgehead atoms. The molecule has 1 aromatic heterocycles. The van der Waals surface area contributed by atoms with Gasteiger partial charge in [-0.05, 0) is 31.6 Å². The van der Waals surface area contributed by atoms with E-state index in [-0.39, 0.29) is 5.91 Å². The van der Waals surface area contributed by atoms with E-state index in [1.165, 1.54) is 31.7 Å². The molecule has 2 aliphatic rings. The molecular weight excluding hydrogens is 228 g/mol. The summed E-state index contributed by atoms with van der Waals surface area (Å²) in [7, 11) is 0. The topological polar surface area (TPSA) is 72.1 Å². The van der Waals surface area contributed by atoms with Crippen LogP contribution in [0.1, 0.15) is 42.6 Å². The molecule has 0 radical (unpaired) electrons. The van der Waals surface area contributed by atoms with Gasteiger partial charge in [-0.3, -0.25) is 9.78 Å². The minimum absolute atomic E-state index is 0.00796. The molecule has 96 valence electrons. The highest BCUT2D eigenvalue weighted by Gasteiger charge is 2.37. The fourth-order valence-electron chi connectivity index (χ4n) is 3.34. The Hall–Kier alpha value is -1.65. The molecule has 5 heteroatoms. The Morgan fingerprint density at radius 2 is 2.11 bits per heavy atom. The molecule has 1 saturated heterocycles. The van der Waals surface area contributed by atoms with Crippen LogP contribution in [0.2, 0.25) is 0 Å². The zero-order valence-electron chi connectivity index (χ0n) is 10.4. The average molecular weight is 246 g/mol. The highest BCUT2D eigenvalue weighted by atomic mass is 16.2. The number of nitrogen functional groups attached to an aromatic ring is 1. The fourth-order valence-corrected chi connectivity index (χ4v) is 3.34. The van der Waals surface area contributed by atoms with E-state index in [2.05, 4.69) is 9.97 Å². The first-order valence-electron chi connectivity index (χ1n) is 6.64. The van der Waals surface area contributed by atoms with Crippen LogP contribution >= 0.6 is 0 Å². The molecule has 1 aliphatic carbocycles. The van der Waals surface area contributed by atoms with Crippen LogP contribution in [0.5, 0.6) is 0 Å². The lowest BCUT2D eigenvalue weighted by Gasteiger charge is -2.37. The Morgan fingerprint density at radius 1 is 1.28 bits per heavy atom. The van der Waals surface area contributed by atoms with Crippen molar-refractivity contribution < 1.29 is 4.79 Å². The average Bonchev–Trinajstić information content (AvgIpc) is 2.86. The summed E-state index contributed by atoms with van der Waals surface area (Å²) < 4.78 is 0. The van der Waals surface area contributed by atoms with Gasteiger partial charge >= 0.3 is 0 Å². The summed E-state index contributed by atoms with van der Waals surface area (Å²) in [6, 6.07) is 0.412. The van der Waals surface area contributed by atoms with E-state index in [1.54, 1.807) is 0 Å². The number of carbonyl (C=O) groups excluding carboxylic acids is 1. The van der Waals surface area contributed by atoms with E-state index >= 15 is 0 Å². The number of anilines is 1. The van der Waals surface area contributed by atoms with Crippen molar-refractivity contribution in [2.45, 2.75) is 38.1 Å². The second-order valence-corrected chi connectivity index (χ2v) is 5.23. The molecule has 1 aromatic rings. The number of amides is 1. The molecule has 18 heavy (non-hydrogen) atoms. The first kappa shape index (κ1) is 11.4. The van der Waals surface area contributed by atoms with Crippen molar-refractivity contribution in [2.75, 3.05) is 12.3 Å². The van der Waals surface area contributed by atoms with Gasteiger partial charge in [-0.2, -0.15) is 0 Å². The molecule has 1 amide bonds. The van der Waals surface area contributed by atoms with Crippen molar-refractivity contribution in [1.29, 1.82) is 0 Å². The number of likely N-dealkylation sites (tertiary alicyclic amines) is 1. The van der Waals surface area contributed by atoms with Gasteiger partial charge in [0.05, 0.1) is 12.4 Å². The molecule has 2 unspecified atom stereocenters. The van der Waals surface area contributed by atoms with Gasteiger partial charge in [-0.1, -0.05) is 6.42 Å². The van der Waals surface area contributed by atoms with Crippen molar-refractivity contribution >= 4 is 11.7 Å². The molecule has 2 N–H and O–H groups in total. The third-order valence-corrected chi connectivity index (χ3v) is 4.13. The van der Waals surface area contributed by atoms with Gasteiger partial charge in [0.15, 0.2) is 0 Å². The van der Waals surface area contributed by atoms with E-state index in [4.69, 9.17) is 5.73 Å². The second kappa shape index (κ2) is 4.55. The maximum Gasteiger partial charge on any atom is 0.274 e. The van der Waals surface area contributed by atoms with Crippen molar-refractivity contribution in [3.63, 3.8) is 0 Å². The van der Waals surface area contributed by atoms with Crippen LogP contribution in [-0.4, -0.2) is 33.4 Å². The minimum atomic E-state index is -0.00796. The first-order valence-corrected chi connectivity index (χ1v) is 6.64. The van der Waals surface area contributed by atoms with Gasteiger partial charge in [0, 0.05) is 12.6 Å². The van der Waals surface area contributed by atoms with Crippen molar-refractivity contribution in [3.8, 4) is 0 Å². The van der Waals surface area contributed by atoms with Crippen molar-refractivity contribution in [1.82, 2.24) is 14.9 Å². The van der Waals surface area contributed by atoms with E-state index in [1.807, 2.05) is 4.90 Å². The predicted molar refractivity (Wildman–Crippen MR) is 67.8 cm³/mol. The van der Waals surface area contributed by atoms with Crippen molar-refractivity contribution in [2.24, 2.45) is 5.92 Å². The van der Waals surface area contributed by atoms with Crippen LogP contribution < -0.4 is 5.73 Å². The fraction of sp³-hybridized carbons (Fsp3) is 0.615. The molecule has 2 atom stereocenters. The lowest BCUT2D eigenvalue weighted by Crippen LogP contribution is -2.46. The standard InChI is InChI=1S/C13H18N4O/c14-12-8-15-7-10(16-12)13(18)17-6-2-4-9-3-1-5-11(9)17/h7-9,11H,1-6H2,(H2,14,16). The molecule has 1 saturated carbocycles. The van der Waals surface area contributed by atoms with E-state index in [0.717, 1.165) is 19.4 Å². The van der Waals surface area contributed by atoms with Crippen LogP contribution in [0.3, 0.4) is 0 Å². The number of piperidine rings is 1. The van der Waals surface area contributed by atoms with E-state index in [0.29, 0.717) is 23.5 Å². The number of hydrogen-bond acceptors (Lipinski definition) is 4. The summed E-state index contributed by atoms with van der Waals surface area (Å²) in [6.45, 7) is 0.844. The molecule has 0 spiro atoms. The maximum absolute atomic E-state index is 12.5. The number of hydrogen-bond donors (Lipinski definition) is 1. The number of fused-ring (bicyclic) bond motifs is 1.